The van der Waals surface area contributed by atoms with Crippen LogP contribution in [0.25, 0.3) is 11.4 Å². The highest BCUT2D eigenvalue weighted by Gasteiger charge is 2.23. The fourth-order valence-electron chi connectivity index (χ4n) is 2.53. The van der Waals surface area contributed by atoms with Gasteiger partial charge in [-0.25, -0.2) is 10.5 Å². The van der Waals surface area contributed by atoms with Gasteiger partial charge in [-0.15, -0.1) is 0 Å². The molecule has 31 heavy (non-hydrogen) atoms. The van der Waals surface area contributed by atoms with Gasteiger partial charge in [0.15, 0.2) is 5.82 Å². The summed E-state index contributed by atoms with van der Waals surface area (Å²) in [7, 11) is 0. The summed E-state index contributed by atoms with van der Waals surface area (Å²) in [6.07, 6.45) is 0. The Bertz CT molecular complexity index is 1120. The molecule has 0 bridgehead atoms. The summed E-state index contributed by atoms with van der Waals surface area (Å²) in [5, 5.41) is 18.9. The van der Waals surface area contributed by atoms with Crippen LogP contribution in [-0.2, 0) is 4.84 Å². The van der Waals surface area contributed by atoms with Crippen LogP contribution >= 0.6 is 0 Å². The van der Waals surface area contributed by atoms with E-state index in [2.05, 4.69) is 21.5 Å². The number of nitrogens with zero attached hydrogens (tertiary/aromatic N) is 3. The average Bonchev–Trinajstić information content (AvgIpc) is 2.73. The molecule has 0 fully saturated rings. The number of nitrogens with one attached hydrogen (secondary N) is 1. The van der Waals surface area contributed by atoms with Crippen molar-refractivity contribution in [3.63, 3.8) is 0 Å². The van der Waals surface area contributed by atoms with Gasteiger partial charge in [-0.05, 0) is 38.1 Å². The Kier molecular flexibility index (Phi) is 6.45. The lowest BCUT2D eigenvalue weighted by Crippen LogP contribution is -2.34. The number of hydrogen-bond donors (Lipinski definition) is 3. The van der Waals surface area contributed by atoms with E-state index in [0.29, 0.717) is 16.9 Å². The number of nitrogens with two attached hydrogens (primary N) is 1. The lowest BCUT2D eigenvalue weighted by molar-refractivity contribution is -0.0523. The van der Waals surface area contributed by atoms with Crippen molar-refractivity contribution in [2.24, 2.45) is 0 Å². The Hall–Kier alpha value is -4.00. The van der Waals surface area contributed by atoms with Crippen LogP contribution in [0.3, 0.4) is 0 Å². The largest absolute Gasteiger partial charge is 0.438 e. The second-order valence-corrected chi connectivity index (χ2v) is 7.25. The molecule has 0 saturated carbocycles. The highest BCUT2D eigenvalue weighted by atomic mass is 16.7. The molecule has 2 aromatic carbocycles. The quantitative estimate of drug-likeness (QED) is 0.496. The highest BCUT2D eigenvalue weighted by molar-refractivity contribution is 6.00. The number of aliphatic hydroxyl groups is 1. The first-order valence-electron chi connectivity index (χ1n) is 9.32. The summed E-state index contributed by atoms with van der Waals surface area (Å²) in [6, 6.07) is 17.5. The van der Waals surface area contributed by atoms with Crippen molar-refractivity contribution in [3.8, 4) is 29.1 Å². The van der Waals surface area contributed by atoms with Crippen molar-refractivity contribution >= 4 is 11.7 Å². The van der Waals surface area contributed by atoms with Crippen LogP contribution in [0, 0.1) is 11.3 Å². The van der Waals surface area contributed by atoms with E-state index in [1.54, 1.807) is 48.5 Å². The van der Waals surface area contributed by atoms with Gasteiger partial charge in [-0.2, -0.15) is 10.2 Å². The first-order valence-corrected chi connectivity index (χ1v) is 9.32. The predicted molar refractivity (Wildman–Crippen MR) is 113 cm³/mol. The summed E-state index contributed by atoms with van der Waals surface area (Å²) >= 11 is 0. The van der Waals surface area contributed by atoms with Crippen molar-refractivity contribution in [1.29, 1.82) is 5.26 Å². The van der Waals surface area contributed by atoms with Gasteiger partial charge < -0.3 is 15.6 Å². The minimum absolute atomic E-state index is 0.0829. The molecule has 9 heteroatoms. The van der Waals surface area contributed by atoms with Gasteiger partial charge in [0.1, 0.15) is 23.7 Å². The molecule has 0 aliphatic rings. The van der Waals surface area contributed by atoms with Crippen molar-refractivity contribution < 1.29 is 19.5 Å². The van der Waals surface area contributed by atoms with Gasteiger partial charge in [0, 0.05) is 5.56 Å². The number of ether oxygens (including phenoxy) is 1. The number of nitrogen functional groups attached to an aromatic ring is 1. The zero-order chi connectivity index (χ0) is 22.4. The molecule has 4 N–H and O–H groups in total. The van der Waals surface area contributed by atoms with Crippen LogP contribution in [0.1, 0.15) is 29.8 Å². The third-order valence-corrected chi connectivity index (χ3v) is 3.93. The smallest absolute Gasteiger partial charge is 0.284 e. The van der Waals surface area contributed by atoms with Crippen LogP contribution in [0.15, 0.2) is 54.6 Å². The Morgan fingerprint density at radius 2 is 1.94 bits per heavy atom. The molecule has 1 heterocycles. The molecular weight excluding hydrogens is 398 g/mol. The van der Waals surface area contributed by atoms with Crippen molar-refractivity contribution in [1.82, 2.24) is 15.4 Å². The zero-order valence-electron chi connectivity index (χ0n) is 17.0. The third kappa shape index (κ3) is 5.76. The van der Waals surface area contributed by atoms with E-state index < -0.39 is 11.5 Å². The van der Waals surface area contributed by atoms with Gasteiger partial charge in [0.2, 0.25) is 5.88 Å². The van der Waals surface area contributed by atoms with E-state index in [9.17, 15) is 9.90 Å². The third-order valence-electron chi connectivity index (χ3n) is 3.93. The Labute approximate surface area is 179 Å². The number of anilines is 1. The average molecular weight is 419 g/mol. The summed E-state index contributed by atoms with van der Waals surface area (Å²) in [6.45, 7) is 2.92. The second kappa shape index (κ2) is 9.21. The summed E-state index contributed by atoms with van der Waals surface area (Å²) in [4.78, 5) is 26.4. The standard InChI is InChI=1S/C22H21N5O4/c1-22(2,29)13-30-27-20(28)17-18(24)25-19(15-8-6-7-14(11-15)12-23)26-21(17)31-16-9-4-3-5-10-16/h3-11,29H,13H2,1-2H3,(H,27,28)(H2,24,25,26). The summed E-state index contributed by atoms with van der Waals surface area (Å²) < 4.78 is 5.82. The Balaban J connectivity index is 2.00. The molecule has 3 rings (SSSR count). The van der Waals surface area contributed by atoms with E-state index in [1.165, 1.54) is 13.8 Å². The van der Waals surface area contributed by atoms with Gasteiger partial charge >= 0.3 is 0 Å². The number of aromatic nitrogens is 2. The molecule has 158 valence electrons. The monoisotopic (exact) mass is 419 g/mol. The number of amides is 1. The number of para-hydroxylation sites is 1. The number of carbonyl (C=O) groups excluding carboxylic acids is 1. The molecule has 0 unspecified atom stereocenters. The number of benzene rings is 2. The minimum atomic E-state index is -1.14. The summed E-state index contributed by atoms with van der Waals surface area (Å²) in [5.74, 6) is -0.327. The molecule has 9 nitrogen and oxygen atoms in total. The molecule has 0 saturated heterocycles. The maximum atomic E-state index is 12.7. The Morgan fingerprint density at radius 1 is 1.19 bits per heavy atom. The van der Waals surface area contributed by atoms with E-state index in [4.69, 9.17) is 20.6 Å². The van der Waals surface area contributed by atoms with Gasteiger partial charge in [-0.1, -0.05) is 30.3 Å². The molecule has 0 aliphatic heterocycles. The predicted octanol–water partition coefficient (Wildman–Crippen LogP) is 2.82. The van der Waals surface area contributed by atoms with Crippen LogP contribution in [-0.4, -0.2) is 33.2 Å². The highest BCUT2D eigenvalue weighted by Crippen LogP contribution is 2.30. The molecule has 0 spiro atoms. The van der Waals surface area contributed by atoms with Crippen LogP contribution in [0.4, 0.5) is 5.82 Å². The SMILES string of the molecule is CC(C)(O)CONC(=O)c1c(N)nc(-c2cccc(C#N)c2)nc1Oc1ccccc1. The zero-order valence-corrected chi connectivity index (χ0v) is 17.0. The Morgan fingerprint density at radius 3 is 2.61 bits per heavy atom. The van der Waals surface area contributed by atoms with Crippen molar-refractivity contribution in [3.05, 3.63) is 65.7 Å². The van der Waals surface area contributed by atoms with E-state index >= 15 is 0 Å². The van der Waals surface area contributed by atoms with Gasteiger partial charge in [0.05, 0.1) is 17.2 Å². The number of nitriles is 1. The molecular formula is C22H21N5O4. The molecule has 0 radical (unpaired) electrons. The first kappa shape index (κ1) is 21.7. The maximum Gasteiger partial charge on any atom is 0.284 e. The minimum Gasteiger partial charge on any atom is -0.438 e. The second-order valence-electron chi connectivity index (χ2n) is 7.25. The van der Waals surface area contributed by atoms with E-state index in [-0.39, 0.29) is 29.7 Å². The fourth-order valence-corrected chi connectivity index (χ4v) is 2.53. The topological polar surface area (TPSA) is 143 Å². The number of rotatable bonds is 7. The normalized spacial score (nSPS) is 10.9. The summed E-state index contributed by atoms with van der Waals surface area (Å²) in [5.41, 5.74) is 7.99. The van der Waals surface area contributed by atoms with Crippen LogP contribution < -0.4 is 16.0 Å². The lowest BCUT2D eigenvalue weighted by Gasteiger charge is -2.17. The molecule has 1 amide bonds. The van der Waals surface area contributed by atoms with E-state index in [1.807, 2.05) is 6.07 Å². The molecule has 0 atom stereocenters. The fraction of sp³-hybridized carbons (Fsp3) is 0.182. The molecule has 0 aliphatic carbocycles. The lowest BCUT2D eigenvalue weighted by atomic mass is 10.1. The van der Waals surface area contributed by atoms with Crippen LogP contribution in [0.2, 0.25) is 0 Å². The molecule has 1 aromatic heterocycles. The van der Waals surface area contributed by atoms with E-state index in [0.717, 1.165) is 0 Å². The van der Waals surface area contributed by atoms with Crippen molar-refractivity contribution in [2.45, 2.75) is 19.4 Å². The number of hydroxylamine groups is 1. The molecule has 3 aromatic rings. The van der Waals surface area contributed by atoms with Gasteiger partial charge in [0.25, 0.3) is 5.91 Å². The number of hydrogen-bond acceptors (Lipinski definition) is 8. The maximum absolute atomic E-state index is 12.7. The first-order chi connectivity index (χ1) is 14.8. The van der Waals surface area contributed by atoms with Crippen molar-refractivity contribution in [2.75, 3.05) is 12.3 Å². The van der Waals surface area contributed by atoms with Gasteiger partial charge in [-0.3, -0.25) is 9.63 Å². The number of carbonyl (C=O) groups is 1. The van der Waals surface area contributed by atoms with Crippen LogP contribution in [0.5, 0.6) is 11.6 Å².